The predicted octanol–water partition coefficient (Wildman–Crippen LogP) is 27.7. The standard InChI is InChI=1S/C23H21ClN2O4.C22H19ClN2O3.C21H16ClN3O4.C21H18ClN3O2.C20H13Cl3N2O/c1-28-20-13-16(14-21(29-2)22(20)30-3)19(27)11-6-15-5-4-12-25-23(15)26-18-9-7-17(24)8-10-18;1-27-20-12-6-16(14-21(20)28-2)19(26)11-5-15-4-3-13-24-22(15)25-18-9-7-17(23)8-10-18;1-29-20-11-5-15(13-18(20)25(27)28)19(26)10-4-14-3-2-12-23-21(14)24-17-8-6-16(22)7-9-17;1-27-20-11-5-15(13-18(20)23)19(26)10-4-14-3-2-12-24-21(14)25-17-8-6-16(22)7-9-17;21-15-6-3-13(4-7-15)19(26)10-5-14-2-1-11-24-20(14)25-18-9-8-16(22)12-17(18)23/h4-14H,1-3H3,(H,25,26);3-14H,1-2H3,(H,24,25);2-13H,1H3,(H,23,24);2-13H,23H2,1H3,(H,24,25);1-12H,(H,24,25)/b11-6+;11-5+;2*10-4+;10-5+. The minimum atomic E-state index is -0.589. The zero-order chi connectivity index (χ0) is 100.0. The molecule has 5 aromatic heterocycles. The maximum absolute atomic E-state index is 12.8. The minimum absolute atomic E-state index is 0.0947. The number of nitrogens with two attached hydrogens (primary N) is 1. The van der Waals surface area contributed by atoms with Gasteiger partial charge in [0.2, 0.25) is 5.75 Å². The van der Waals surface area contributed by atoms with Crippen LogP contribution in [0.3, 0.4) is 0 Å². The van der Waals surface area contributed by atoms with Gasteiger partial charge in [0.05, 0.1) is 71.1 Å². The average Bonchev–Trinajstić information content (AvgIpc) is 0.815. The molecule has 0 amide bonds. The maximum atomic E-state index is 12.8. The van der Waals surface area contributed by atoms with E-state index in [1.165, 1.54) is 91.2 Å². The van der Waals surface area contributed by atoms with Gasteiger partial charge in [0, 0.05) is 146 Å². The molecule has 0 radical (unpaired) electrons. The summed E-state index contributed by atoms with van der Waals surface area (Å²) in [4.78, 5) is 94.8. The van der Waals surface area contributed by atoms with Crippen LogP contribution < -0.4 is 65.5 Å². The molecular weight excluding hydrogens is 1930 g/mol. The molecule has 0 saturated heterocycles. The van der Waals surface area contributed by atoms with Crippen molar-refractivity contribution < 1.29 is 62.1 Å². The van der Waals surface area contributed by atoms with Gasteiger partial charge >= 0.3 is 5.69 Å². The van der Waals surface area contributed by atoms with E-state index in [9.17, 15) is 34.1 Å². The predicted molar refractivity (Wildman–Crippen MR) is 561 cm³/mol. The van der Waals surface area contributed by atoms with Crippen LogP contribution in [0.15, 0.2) is 328 Å². The van der Waals surface area contributed by atoms with Crippen LogP contribution in [0.1, 0.15) is 79.6 Å². The zero-order valence-electron chi connectivity index (χ0n) is 75.7. The number of carbonyl (C=O) groups is 5. The first-order chi connectivity index (χ1) is 67.7. The number of pyridine rings is 5. The lowest BCUT2D eigenvalue weighted by molar-refractivity contribution is -0.385. The second-order valence-corrected chi connectivity index (χ2v) is 32.1. The van der Waals surface area contributed by atoms with Crippen molar-refractivity contribution in [1.82, 2.24) is 24.9 Å². The molecule has 5 heterocycles. The number of halogens is 7. The summed E-state index contributed by atoms with van der Waals surface area (Å²) in [5.41, 5.74) is 15.9. The quantitative estimate of drug-likeness (QED) is 0.00731. The lowest BCUT2D eigenvalue weighted by atomic mass is 10.1. The number of ether oxygens (including phenoxy) is 7. The van der Waals surface area contributed by atoms with Gasteiger partial charge in [-0.25, -0.2) is 24.9 Å². The summed E-state index contributed by atoms with van der Waals surface area (Å²) in [5, 5.41) is 31.3. The van der Waals surface area contributed by atoms with Crippen LogP contribution in [0.5, 0.6) is 40.2 Å². The first-order valence-electron chi connectivity index (χ1n) is 42.0. The number of hydrogen-bond donors (Lipinski definition) is 6. The van der Waals surface area contributed by atoms with Crippen molar-refractivity contribution in [1.29, 1.82) is 0 Å². The number of nitrogens with zero attached hydrogens (tertiary/aromatic N) is 6. The molecule has 0 atom stereocenters. The van der Waals surface area contributed by atoms with Crippen molar-refractivity contribution in [2.75, 3.05) is 82.1 Å². The number of ketones is 5. The number of rotatable bonds is 33. The van der Waals surface area contributed by atoms with Crippen LogP contribution in [0, 0.1) is 10.1 Å². The Morgan fingerprint density at radius 3 is 0.893 bits per heavy atom. The highest BCUT2D eigenvalue weighted by molar-refractivity contribution is 6.36. The Bertz CT molecular complexity index is 7020. The molecule has 0 aliphatic carbocycles. The van der Waals surface area contributed by atoms with E-state index in [1.54, 1.807) is 232 Å². The lowest BCUT2D eigenvalue weighted by Gasteiger charge is -2.13. The molecule has 0 spiro atoms. The van der Waals surface area contributed by atoms with Crippen LogP contribution in [0.25, 0.3) is 30.4 Å². The van der Waals surface area contributed by atoms with E-state index < -0.39 is 4.92 Å². The molecular formula is C107H87Cl7N12O14. The Hall–Kier alpha value is -16.2. The highest BCUT2D eigenvalue weighted by Crippen LogP contribution is 2.40. The summed E-state index contributed by atoms with van der Waals surface area (Å²) >= 11 is 41.6. The van der Waals surface area contributed by atoms with Gasteiger partial charge in [-0.2, -0.15) is 0 Å². The molecule has 140 heavy (non-hydrogen) atoms. The number of benzene rings is 10. The maximum Gasteiger partial charge on any atom is 0.311 e. The number of methoxy groups -OCH3 is 7. The van der Waals surface area contributed by atoms with Gasteiger partial charge in [-0.05, 0) is 322 Å². The summed E-state index contributed by atoms with van der Waals surface area (Å²) in [6.45, 7) is 0. The van der Waals surface area contributed by atoms with E-state index in [4.69, 9.17) is 120 Å². The number of aromatic nitrogens is 5. The number of anilines is 11. The van der Waals surface area contributed by atoms with Gasteiger partial charge < -0.3 is 65.5 Å². The third-order valence-electron chi connectivity index (χ3n) is 19.8. The molecule has 0 aliphatic rings. The first-order valence-corrected chi connectivity index (χ1v) is 44.6. The van der Waals surface area contributed by atoms with Crippen molar-refractivity contribution >= 4 is 209 Å². The minimum Gasteiger partial charge on any atom is -0.495 e. The largest absolute Gasteiger partial charge is 0.495 e. The van der Waals surface area contributed by atoms with Gasteiger partial charge in [0.1, 0.15) is 34.8 Å². The van der Waals surface area contributed by atoms with Crippen molar-refractivity contribution in [2.24, 2.45) is 0 Å². The van der Waals surface area contributed by atoms with Crippen molar-refractivity contribution in [2.45, 2.75) is 0 Å². The highest BCUT2D eigenvalue weighted by atomic mass is 35.5. The zero-order valence-corrected chi connectivity index (χ0v) is 81.0. The van der Waals surface area contributed by atoms with Crippen LogP contribution in [-0.2, 0) is 0 Å². The number of hydrogen-bond acceptors (Lipinski definition) is 25. The van der Waals surface area contributed by atoms with Crippen LogP contribution >= 0.6 is 81.2 Å². The number of nitro benzene ring substituents is 1. The monoisotopic (exact) mass is 2010 g/mol. The Morgan fingerprint density at radius 2 is 0.571 bits per heavy atom. The van der Waals surface area contributed by atoms with Gasteiger partial charge in [-0.1, -0.05) is 81.2 Å². The molecule has 26 nitrogen and oxygen atoms in total. The normalized spacial score (nSPS) is 10.7. The molecule has 15 aromatic rings. The molecule has 0 aliphatic heterocycles. The second-order valence-electron chi connectivity index (χ2n) is 29.1. The summed E-state index contributed by atoms with van der Waals surface area (Å²) in [6, 6.07) is 76.4. The van der Waals surface area contributed by atoms with E-state index in [0.717, 1.165) is 45.0 Å². The summed E-state index contributed by atoms with van der Waals surface area (Å²) in [5.74, 6) is 4.99. The highest BCUT2D eigenvalue weighted by Gasteiger charge is 2.21. The third-order valence-corrected chi connectivity index (χ3v) is 21.6. The Labute approximate surface area is 841 Å². The smallest absolute Gasteiger partial charge is 0.311 e. The number of allylic oxidation sites excluding steroid dienone is 5. The summed E-state index contributed by atoms with van der Waals surface area (Å²) in [7, 11) is 10.5. The Morgan fingerprint density at radius 1 is 0.293 bits per heavy atom. The van der Waals surface area contributed by atoms with E-state index in [-0.39, 0.29) is 45.9 Å². The fourth-order valence-corrected chi connectivity index (χ4v) is 13.8. The molecule has 0 saturated carbocycles. The molecule has 10 aromatic carbocycles. The van der Waals surface area contributed by atoms with E-state index >= 15 is 0 Å². The summed E-state index contributed by atoms with van der Waals surface area (Å²) < 4.78 is 36.4. The number of nitrogen functional groups attached to an aromatic ring is 1. The molecule has 0 unspecified atom stereocenters. The van der Waals surface area contributed by atoms with Gasteiger partial charge in [-0.15, -0.1) is 0 Å². The van der Waals surface area contributed by atoms with Crippen LogP contribution in [0.2, 0.25) is 35.2 Å². The van der Waals surface area contributed by atoms with Gasteiger partial charge in [-0.3, -0.25) is 34.1 Å². The molecule has 708 valence electrons. The van der Waals surface area contributed by atoms with Gasteiger partial charge in [0.25, 0.3) is 0 Å². The number of nitrogens with one attached hydrogen (secondary N) is 5. The molecule has 0 fully saturated rings. The molecule has 33 heteroatoms. The van der Waals surface area contributed by atoms with Crippen LogP contribution in [0.4, 0.5) is 68.9 Å². The van der Waals surface area contributed by atoms with Crippen molar-refractivity contribution in [3.05, 3.63) is 429 Å². The Balaban J connectivity index is 0.000000168. The van der Waals surface area contributed by atoms with Crippen molar-refractivity contribution in [3.63, 3.8) is 0 Å². The third kappa shape index (κ3) is 30.9. The molecule has 15 rings (SSSR count). The molecule has 7 N–H and O–H groups in total. The Kier molecular flexibility index (Phi) is 39.3. The SMILES string of the molecule is COc1cc(C(=O)/C=C/c2cccnc2Nc2ccc(Cl)cc2)cc(OC)c1OC.COc1ccc(C(=O)/C=C/c2cccnc2Nc2ccc(Cl)cc2)cc1N.COc1ccc(C(=O)/C=C/c2cccnc2Nc2ccc(Cl)cc2)cc1OC.COc1ccc(C(=O)/C=C/c2cccnc2Nc2ccc(Cl)cc2)cc1[N+](=O)[O-].O=C(/C=C/c1cccnc1Nc1ccc(Cl)cc1Cl)c1ccc(Cl)cc1. The summed E-state index contributed by atoms with van der Waals surface area (Å²) in [6.07, 6.45) is 24.1. The topological polar surface area (TPSA) is 344 Å². The van der Waals surface area contributed by atoms with Gasteiger partial charge in [0.15, 0.2) is 57.7 Å². The second kappa shape index (κ2) is 52.8. The number of nitro groups is 1. The fourth-order valence-electron chi connectivity index (χ4n) is 12.7. The van der Waals surface area contributed by atoms with Crippen LogP contribution in [-0.4, -0.2) is 109 Å². The first kappa shape index (κ1) is 104. The molecule has 0 bridgehead atoms. The fraction of sp³-hybridized carbons (Fsp3) is 0.0654. The lowest BCUT2D eigenvalue weighted by Crippen LogP contribution is -2.01. The van der Waals surface area contributed by atoms with E-state index in [0.29, 0.717) is 138 Å². The van der Waals surface area contributed by atoms with Crippen molar-refractivity contribution in [3.8, 4) is 40.2 Å². The van der Waals surface area contributed by atoms with E-state index in [2.05, 4.69) is 51.5 Å². The average molecular weight is 2010 g/mol. The number of carbonyl (C=O) groups excluding carboxylic acids is 5. The van der Waals surface area contributed by atoms with E-state index in [1.807, 2.05) is 84.9 Å².